The number of sulfonamides is 1. The zero-order chi connectivity index (χ0) is 36.4. The average molecular weight is 727 g/mol. The molecule has 50 heavy (non-hydrogen) atoms. The van der Waals surface area contributed by atoms with E-state index in [1.54, 1.807) is 49.0 Å². The number of rotatable bonds is 19. The van der Waals surface area contributed by atoms with E-state index in [4.69, 9.17) is 11.6 Å². The van der Waals surface area contributed by atoms with Gasteiger partial charge in [0.15, 0.2) is 11.8 Å². The van der Waals surface area contributed by atoms with Gasteiger partial charge in [0.05, 0.1) is 15.6 Å². The highest BCUT2D eigenvalue weighted by Crippen LogP contribution is 2.28. The number of aromatic nitrogens is 2. The number of halogens is 1. The molecule has 3 aromatic rings. The van der Waals surface area contributed by atoms with Gasteiger partial charge in [0.1, 0.15) is 6.54 Å². The van der Waals surface area contributed by atoms with Gasteiger partial charge < -0.3 is 14.8 Å². The van der Waals surface area contributed by atoms with Gasteiger partial charge in [0.25, 0.3) is 11.8 Å². The number of ketones is 1. The van der Waals surface area contributed by atoms with E-state index < -0.39 is 39.7 Å². The van der Waals surface area contributed by atoms with Crippen LogP contribution in [0.2, 0.25) is 5.02 Å². The molecule has 0 saturated carbocycles. The molecule has 1 atom stereocenters. The number of nitrogens with one attached hydrogen (secondary N) is 2. The van der Waals surface area contributed by atoms with Crippen molar-refractivity contribution in [2.45, 2.75) is 95.9 Å². The molecule has 0 spiro atoms. The maximum absolute atomic E-state index is 14.2. The van der Waals surface area contributed by atoms with Gasteiger partial charge in [-0.1, -0.05) is 76.3 Å². The first-order valence-corrected chi connectivity index (χ1v) is 19.0. The smallest absolute Gasteiger partial charge is 0.322 e. The van der Waals surface area contributed by atoms with Crippen molar-refractivity contribution < 1.29 is 27.6 Å². The Balaban J connectivity index is 1.49. The number of imide groups is 1. The first-order valence-electron chi connectivity index (χ1n) is 17.2. The molecule has 4 rings (SSSR count). The Morgan fingerprint density at radius 3 is 2.14 bits per heavy atom. The average Bonchev–Trinajstić information content (AvgIpc) is 3.52. The van der Waals surface area contributed by atoms with Crippen LogP contribution in [-0.4, -0.2) is 77.6 Å². The molecule has 0 aliphatic carbocycles. The minimum atomic E-state index is -3.96. The fraction of sp³-hybridized carbons (Fsp3) is 0.472. The minimum Gasteiger partial charge on any atom is -0.322 e. The summed E-state index contributed by atoms with van der Waals surface area (Å²) in [5, 5.41) is 2.53. The van der Waals surface area contributed by atoms with Crippen molar-refractivity contribution in [2.75, 3.05) is 25.5 Å². The summed E-state index contributed by atoms with van der Waals surface area (Å²) in [7, 11) is -2.57. The summed E-state index contributed by atoms with van der Waals surface area (Å²) in [6, 6.07) is 6.24. The lowest BCUT2D eigenvalue weighted by molar-refractivity contribution is -0.131. The number of Topliss-reactive ketones (excluding diaryl/α,β-unsaturated/α-hetero) is 1. The second kappa shape index (κ2) is 17.7. The van der Waals surface area contributed by atoms with Crippen molar-refractivity contribution in [2.24, 2.45) is 0 Å². The Bertz CT molecular complexity index is 1800. The number of aryl methyl sites for hydroxylation is 1. The molecule has 14 heteroatoms. The lowest BCUT2D eigenvalue weighted by Gasteiger charge is -2.24. The molecule has 1 unspecified atom stereocenters. The molecule has 2 N–H and O–H groups in total. The van der Waals surface area contributed by atoms with Crippen molar-refractivity contribution in [3.05, 3.63) is 70.8 Å². The van der Waals surface area contributed by atoms with Crippen LogP contribution in [0.3, 0.4) is 0 Å². The van der Waals surface area contributed by atoms with Crippen LogP contribution in [0.1, 0.15) is 92.9 Å². The zero-order valence-corrected chi connectivity index (χ0v) is 30.8. The topological polar surface area (TPSA) is 151 Å². The Labute approximate surface area is 299 Å². The van der Waals surface area contributed by atoms with E-state index in [0.717, 1.165) is 29.8 Å². The van der Waals surface area contributed by atoms with Crippen LogP contribution in [0.4, 0.5) is 10.5 Å². The number of unbranched alkanes of at least 4 members (excludes halogenated alkanes) is 9. The molecule has 2 aromatic heterocycles. The predicted octanol–water partition coefficient (Wildman–Crippen LogP) is 6.43. The number of benzene rings is 1. The number of hydrogen-bond donors (Lipinski definition) is 2. The van der Waals surface area contributed by atoms with Crippen molar-refractivity contribution in [3.63, 3.8) is 0 Å². The van der Waals surface area contributed by atoms with Crippen molar-refractivity contribution in [3.8, 4) is 5.69 Å². The minimum absolute atomic E-state index is 0.00486. The molecule has 0 radical (unpaired) electrons. The van der Waals surface area contributed by atoms with Gasteiger partial charge in [0, 0.05) is 48.6 Å². The molecule has 12 nitrogen and oxygen atoms in total. The highest BCUT2D eigenvalue weighted by Gasteiger charge is 2.46. The van der Waals surface area contributed by atoms with E-state index in [1.807, 2.05) is 0 Å². The molecule has 1 aliphatic heterocycles. The summed E-state index contributed by atoms with van der Waals surface area (Å²) in [5.74, 6) is -2.53. The van der Waals surface area contributed by atoms with Crippen LogP contribution in [0.5, 0.6) is 0 Å². The van der Waals surface area contributed by atoms with Gasteiger partial charge in [-0.3, -0.25) is 19.4 Å². The Morgan fingerprint density at radius 2 is 1.54 bits per heavy atom. The van der Waals surface area contributed by atoms with E-state index in [9.17, 15) is 27.6 Å². The molecule has 0 bridgehead atoms. The van der Waals surface area contributed by atoms with Crippen LogP contribution in [0, 0.1) is 13.8 Å². The monoisotopic (exact) mass is 726 g/mol. The highest BCUT2D eigenvalue weighted by atomic mass is 35.5. The summed E-state index contributed by atoms with van der Waals surface area (Å²) in [6.07, 6.45) is 14.5. The van der Waals surface area contributed by atoms with Gasteiger partial charge >= 0.3 is 6.03 Å². The maximum atomic E-state index is 14.2. The quantitative estimate of drug-likeness (QED) is 0.0626. The number of anilines is 1. The molecular weight excluding hydrogens is 680 g/mol. The third kappa shape index (κ3) is 9.37. The van der Waals surface area contributed by atoms with Crippen LogP contribution in [0.25, 0.3) is 5.69 Å². The van der Waals surface area contributed by atoms with Crippen LogP contribution in [-0.2, 0) is 19.6 Å². The maximum Gasteiger partial charge on any atom is 0.328 e. The summed E-state index contributed by atoms with van der Waals surface area (Å²) in [6.45, 7) is 5.63. The predicted molar refractivity (Wildman–Crippen MR) is 193 cm³/mol. The SMILES string of the molecule is CCCCCCCCCCCCNS(=O)(=O)c1ccc(Cl)c(NC(=O)C(C(=O)c2cc(C)n(-c3ccncc3)c2C)N2C(=O)CN(C)C2=O)c1. The molecule has 1 aromatic carbocycles. The Morgan fingerprint density at radius 1 is 0.920 bits per heavy atom. The third-order valence-electron chi connectivity index (χ3n) is 8.87. The van der Waals surface area contributed by atoms with Crippen LogP contribution in [0.15, 0.2) is 53.7 Å². The van der Waals surface area contributed by atoms with Crippen molar-refractivity contribution >= 4 is 50.9 Å². The van der Waals surface area contributed by atoms with Gasteiger partial charge in [-0.2, -0.15) is 0 Å². The van der Waals surface area contributed by atoms with E-state index in [1.165, 1.54) is 63.8 Å². The standard InChI is InChI=1S/C36H47ClN6O6S/c1-5-6-7-8-9-10-11-12-13-14-19-39-50(48,49)28-15-16-30(37)31(23-28)40-35(46)33(43-32(44)24-41(4)36(43)47)34(45)29-22-25(2)42(26(29)3)27-17-20-38-21-18-27/h15-18,20-23,33,39H,5-14,19,24H2,1-4H3,(H,40,46). The second-order valence-corrected chi connectivity index (χ2v) is 14.9. The number of pyridine rings is 1. The summed E-state index contributed by atoms with van der Waals surface area (Å²) >= 11 is 6.39. The molecule has 1 aliphatic rings. The van der Waals surface area contributed by atoms with E-state index in [2.05, 4.69) is 21.9 Å². The van der Waals surface area contributed by atoms with E-state index in [-0.39, 0.29) is 34.3 Å². The van der Waals surface area contributed by atoms with Crippen LogP contribution < -0.4 is 10.0 Å². The Kier molecular flexibility index (Phi) is 13.7. The van der Waals surface area contributed by atoms with E-state index in [0.29, 0.717) is 22.7 Å². The molecular formula is C36H47ClN6O6S. The molecule has 270 valence electrons. The number of hydrogen-bond acceptors (Lipinski definition) is 7. The molecule has 1 fully saturated rings. The number of carbonyl (C=O) groups excluding carboxylic acids is 4. The lowest BCUT2D eigenvalue weighted by Crippen LogP contribution is -2.52. The fourth-order valence-electron chi connectivity index (χ4n) is 6.17. The first kappa shape index (κ1) is 38.7. The first-order chi connectivity index (χ1) is 23.9. The number of amides is 4. The van der Waals surface area contributed by atoms with Gasteiger partial charge in [0.2, 0.25) is 10.0 Å². The molecule has 1 saturated heterocycles. The van der Waals surface area contributed by atoms with Gasteiger partial charge in [-0.15, -0.1) is 0 Å². The normalized spacial score (nSPS) is 14.0. The van der Waals surface area contributed by atoms with Gasteiger partial charge in [-0.05, 0) is 56.7 Å². The number of urea groups is 1. The van der Waals surface area contributed by atoms with Crippen molar-refractivity contribution in [1.29, 1.82) is 0 Å². The highest BCUT2D eigenvalue weighted by molar-refractivity contribution is 7.89. The Hall–Kier alpha value is -4.07. The molecule has 4 amide bonds. The number of likely N-dealkylation sites (N-methyl/N-ethyl adjacent to an activating group) is 1. The van der Waals surface area contributed by atoms with E-state index >= 15 is 0 Å². The van der Waals surface area contributed by atoms with Crippen molar-refractivity contribution in [1.82, 2.24) is 24.1 Å². The van der Waals surface area contributed by atoms with Gasteiger partial charge in [-0.25, -0.2) is 22.8 Å². The fourth-order valence-corrected chi connectivity index (χ4v) is 7.43. The largest absolute Gasteiger partial charge is 0.328 e. The summed E-state index contributed by atoms with van der Waals surface area (Å²) in [5.41, 5.74) is 1.94. The summed E-state index contributed by atoms with van der Waals surface area (Å²) < 4.78 is 30.7. The number of carbonyl (C=O) groups is 4. The molecule has 3 heterocycles. The summed E-state index contributed by atoms with van der Waals surface area (Å²) in [4.78, 5) is 59.9. The third-order valence-corrected chi connectivity index (χ3v) is 10.7. The second-order valence-electron chi connectivity index (χ2n) is 12.7. The van der Waals surface area contributed by atoms with Crippen LogP contribution >= 0.6 is 11.6 Å². The number of nitrogens with zero attached hydrogens (tertiary/aromatic N) is 4. The lowest BCUT2D eigenvalue weighted by atomic mass is 10.0. The zero-order valence-electron chi connectivity index (χ0n) is 29.2.